The molecule has 4 nitrogen and oxygen atoms in total. The second-order valence-corrected chi connectivity index (χ2v) is 7.00. The Bertz CT molecular complexity index is 308. The van der Waals surface area contributed by atoms with Crippen LogP contribution in [0.4, 0.5) is 4.79 Å². The molecule has 2 fully saturated rings. The molecule has 0 radical (unpaired) electrons. The molecule has 0 saturated heterocycles. The van der Waals surface area contributed by atoms with Crippen molar-refractivity contribution in [3.63, 3.8) is 0 Å². The van der Waals surface area contributed by atoms with Gasteiger partial charge in [-0.2, -0.15) is 0 Å². The first-order chi connectivity index (χ1) is 8.92. The average molecular weight is 268 g/mol. The second kappa shape index (κ2) is 6.12. The van der Waals surface area contributed by atoms with E-state index in [-0.39, 0.29) is 12.1 Å². The molecule has 19 heavy (non-hydrogen) atoms. The van der Waals surface area contributed by atoms with E-state index in [0.717, 1.165) is 18.9 Å². The van der Waals surface area contributed by atoms with Gasteiger partial charge in [-0.05, 0) is 59.3 Å². The van der Waals surface area contributed by atoms with Crippen molar-refractivity contribution in [3.05, 3.63) is 0 Å². The molecular formula is C15H28N2O2. The zero-order valence-corrected chi connectivity index (χ0v) is 12.5. The maximum atomic E-state index is 11.8. The molecule has 4 heteroatoms. The number of hydrogen-bond acceptors (Lipinski definition) is 3. The number of carbonyl (C=O) groups is 1. The van der Waals surface area contributed by atoms with Crippen LogP contribution in [0.3, 0.4) is 0 Å². The van der Waals surface area contributed by atoms with Gasteiger partial charge in [-0.15, -0.1) is 0 Å². The summed E-state index contributed by atoms with van der Waals surface area (Å²) in [6.45, 7) is 5.69. The van der Waals surface area contributed by atoms with E-state index in [0.29, 0.717) is 6.04 Å². The van der Waals surface area contributed by atoms with Gasteiger partial charge in [0.2, 0.25) is 0 Å². The molecule has 1 amide bonds. The zero-order valence-electron chi connectivity index (χ0n) is 12.5. The minimum Gasteiger partial charge on any atom is -0.444 e. The van der Waals surface area contributed by atoms with E-state index < -0.39 is 5.60 Å². The molecule has 0 bridgehead atoms. The molecule has 0 aromatic heterocycles. The first kappa shape index (κ1) is 14.6. The maximum absolute atomic E-state index is 11.8. The van der Waals surface area contributed by atoms with Gasteiger partial charge in [0, 0.05) is 18.1 Å². The van der Waals surface area contributed by atoms with Crippen molar-refractivity contribution in [2.45, 2.75) is 89.4 Å². The minimum absolute atomic E-state index is 0.265. The summed E-state index contributed by atoms with van der Waals surface area (Å²) in [6.07, 6.45) is 8.26. The molecule has 2 unspecified atom stereocenters. The molecule has 2 N–H and O–H groups in total. The van der Waals surface area contributed by atoms with E-state index in [2.05, 4.69) is 10.6 Å². The number of nitrogens with one attached hydrogen (secondary N) is 2. The van der Waals surface area contributed by atoms with Gasteiger partial charge in [0.05, 0.1) is 0 Å². The summed E-state index contributed by atoms with van der Waals surface area (Å²) in [6, 6.07) is 1.56. The molecule has 110 valence electrons. The van der Waals surface area contributed by atoms with Gasteiger partial charge in [-0.1, -0.05) is 6.42 Å². The number of alkyl carbamates (subject to hydrolysis) is 1. The molecular weight excluding hydrogens is 240 g/mol. The molecule has 0 aromatic carbocycles. The Hall–Kier alpha value is -0.770. The summed E-state index contributed by atoms with van der Waals surface area (Å²) in [5.74, 6) is 0. The zero-order chi connectivity index (χ0) is 13.9. The van der Waals surface area contributed by atoms with E-state index >= 15 is 0 Å². The van der Waals surface area contributed by atoms with Gasteiger partial charge >= 0.3 is 6.09 Å². The topological polar surface area (TPSA) is 50.4 Å². The van der Waals surface area contributed by atoms with Crippen LogP contribution in [0.5, 0.6) is 0 Å². The predicted molar refractivity (Wildman–Crippen MR) is 76.2 cm³/mol. The highest BCUT2D eigenvalue weighted by atomic mass is 16.6. The van der Waals surface area contributed by atoms with E-state index in [1.165, 1.54) is 32.1 Å². The van der Waals surface area contributed by atoms with Crippen LogP contribution >= 0.6 is 0 Å². The van der Waals surface area contributed by atoms with Crippen molar-refractivity contribution in [1.82, 2.24) is 10.6 Å². The molecule has 2 saturated carbocycles. The molecule has 2 aliphatic rings. The van der Waals surface area contributed by atoms with Crippen molar-refractivity contribution in [1.29, 1.82) is 0 Å². The fraction of sp³-hybridized carbons (Fsp3) is 0.933. The third-order valence-electron chi connectivity index (χ3n) is 3.97. The molecule has 0 aliphatic heterocycles. The smallest absolute Gasteiger partial charge is 0.407 e. The van der Waals surface area contributed by atoms with E-state index in [1.54, 1.807) is 0 Å². The highest BCUT2D eigenvalue weighted by Crippen LogP contribution is 2.24. The van der Waals surface area contributed by atoms with Crippen molar-refractivity contribution >= 4 is 6.09 Å². The maximum Gasteiger partial charge on any atom is 0.407 e. The SMILES string of the molecule is CC(C)(C)OC(=O)NC1CCCC(NC2CCC2)C1. The van der Waals surface area contributed by atoms with Crippen molar-refractivity contribution in [3.8, 4) is 0 Å². The highest BCUT2D eigenvalue weighted by molar-refractivity contribution is 5.68. The normalized spacial score (nSPS) is 28.6. The van der Waals surface area contributed by atoms with Crippen molar-refractivity contribution in [2.24, 2.45) is 0 Å². The Morgan fingerprint density at radius 2 is 1.58 bits per heavy atom. The lowest BCUT2D eigenvalue weighted by molar-refractivity contribution is 0.0487. The summed E-state index contributed by atoms with van der Waals surface area (Å²) in [5, 5.41) is 6.73. The molecule has 0 spiro atoms. The first-order valence-corrected chi connectivity index (χ1v) is 7.68. The van der Waals surface area contributed by atoms with Crippen molar-refractivity contribution in [2.75, 3.05) is 0 Å². The van der Waals surface area contributed by atoms with Crippen LogP contribution in [0.1, 0.15) is 65.7 Å². The minimum atomic E-state index is -0.414. The Balaban J connectivity index is 1.72. The second-order valence-electron chi connectivity index (χ2n) is 7.00. The van der Waals surface area contributed by atoms with Crippen molar-refractivity contribution < 1.29 is 9.53 Å². The number of hydrogen-bond donors (Lipinski definition) is 2. The van der Waals surface area contributed by atoms with E-state index in [9.17, 15) is 4.79 Å². The van der Waals surface area contributed by atoms with Gasteiger partial charge in [0.25, 0.3) is 0 Å². The van der Waals surface area contributed by atoms with Crippen LogP contribution in [0.15, 0.2) is 0 Å². The third kappa shape index (κ3) is 5.01. The summed E-state index contributed by atoms with van der Waals surface area (Å²) >= 11 is 0. The lowest BCUT2D eigenvalue weighted by atomic mass is 9.87. The number of ether oxygens (including phenoxy) is 1. The quantitative estimate of drug-likeness (QED) is 0.827. The van der Waals surface area contributed by atoms with Crippen LogP contribution in [0.2, 0.25) is 0 Å². The van der Waals surface area contributed by atoms with Gasteiger partial charge < -0.3 is 15.4 Å². The summed E-state index contributed by atoms with van der Waals surface area (Å²) in [7, 11) is 0. The Morgan fingerprint density at radius 3 is 2.16 bits per heavy atom. The predicted octanol–water partition coefficient (Wildman–Crippen LogP) is 2.96. The van der Waals surface area contributed by atoms with Crippen LogP contribution in [-0.2, 0) is 4.74 Å². The Labute approximate surface area is 116 Å². The third-order valence-corrected chi connectivity index (χ3v) is 3.97. The summed E-state index contributed by atoms with van der Waals surface area (Å²) < 4.78 is 5.32. The Morgan fingerprint density at radius 1 is 1.00 bits per heavy atom. The standard InChI is InChI=1S/C15H28N2O2/c1-15(2,3)19-14(18)17-13-9-5-8-12(10-13)16-11-6-4-7-11/h11-13,16H,4-10H2,1-3H3,(H,17,18). The van der Waals surface area contributed by atoms with Gasteiger partial charge in [0.1, 0.15) is 5.60 Å². The highest BCUT2D eigenvalue weighted by Gasteiger charge is 2.28. The number of carbonyl (C=O) groups excluding carboxylic acids is 1. The van der Waals surface area contributed by atoms with E-state index in [1.807, 2.05) is 20.8 Å². The monoisotopic (exact) mass is 268 g/mol. The summed E-state index contributed by atoms with van der Waals surface area (Å²) in [5.41, 5.74) is -0.414. The van der Waals surface area contributed by atoms with Gasteiger partial charge in [-0.3, -0.25) is 0 Å². The van der Waals surface area contributed by atoms with Gasteiger partial charge in [0.15, 0.2) is 0 Å². The van der Waals surface area contributed by atoms with E-state index in [4.69, 9.17) is 4.74 Å². The molecule has 0 aromatic rings. The lowest BCUT2D eigenvalue weighted by Crippen LogP contribution is -2.49. The summed E-state index contributed by atoms with van der Waals surface area (Å²) in [4.78, 5) is 11.8. The average Bonchev–Trinajstić information content (AvgIpc) is 2.21. The fourth-order valence-corrected chi connectivity index (χ4v) is 2.85. The first-order valence-electron chi connectivity index (χ1n) is 7.68. The molecule has 2 aliphatic carbocycles. The molecule has 0 heterocycles. The Kier molecular flexibility index (Phi) is 4.71. The number of amides is 1. The van der Waals surface area contributed by atoms with Crippen LogP contribution in [0, 0.1) is 0 Å². The van der Waals surface area contributed by atoms with Crippen LogP contribution < -0.4 is 10.6 Å². The largest absolute Gasteiger partial charge is 0.444 e. The van der Waals surface area contributed by atoms with Crippen LogP contribution in [0.25, 0.3) is 0 Å². The lowest BCUT2D eigenvalue weighted by Gasteiger charge is -2.36. The molecule has 2 atom stereocenters. The van der Waals surface area contributed by atoms with Crippen LogP contribution in [-0.4, -0.2) is 29.8 Å². The molecule has 2 rings (SSSR count). The van der Waals surface area contributed by atoms with Gasteiger partial charge in [-0.25, -0.2) is 4.79 Å². The fourth-order valence-electron chi connectivity index (χ4n) is 2.85. The number of rotatable bonds is 3.